The van der Waals surface area contributed by atoms with Gasteiger partial charge in [0.25, 0.3) is 5.87 Å². The highest BCUT2D eigenvalue weighted by Crippen LogP contribution is 2.43. The van der Waals surface area contributed by atoms with Crippen LogP contribution < -0.4 is 9.47 Å². The van der Waals surface area contributed by atoms with Crippen molar-refractivity contribution in [3.8, 4) is 11.5 Å². The Morgan fingerprint density at radius 2 is 1.83 bits per heavy atom. The first-order valence-corrected chi connectivity index (χ1v) is 9.67. The first-order valence-electron chi connectivity index (χ1n) is 9.67. The maximum absolute atomic E-state index is 12.7. The number of hydrogen-bond donors (Lipinski definition) is 3. The van der Waals surface area contributed by atoms with E-state index in [9.17, 15) is 20.1 Å². The zero-order chi connectivity index (χ0) is 21.6. The Bertz CT molecular complexity index is 774. The lowest BCUT2D eigenvalue weighted by Gasteiger charge is -2.43. The molecule has 7 nitrogen and oxygen atoms in total. The van der Waals surface area contributed by atoms with Crippen molar-refractivity contribution in [3.05, 3.63) is 23.3 Å². The largest absolute Gasteiger partial charge is 0.478 e. The normalized spacial score (nSPS) is 22.9. The predicted molar refractivity (Wildman–Crippen MR) is 108 cm³/mol. The van der Waals surface area contributed by atoms with Crippen molar-refractivity contribution in [1.82, 2.24) is 4.90 Å². The van der Waals surface area contributed by atoms with Crippen LogP contribution in [0.4, 0.5) is 0 Å². The molecule has 0 saturated carbocycles. The van der Waals surface area contributed by atoms with Crippen LogP contribution in [0.5, 0.6) is 11.5 Å². The lowest BCUT2D eigenvalue weighted by Crippen LogP contribution is -2.46. The van der Waals surface area contributed by atoms with Gasteiger partial charge in [-0.15, -0.1) is 0 Å². The Morgan fingerprint density at radius 3 is 2.41 bits per heavy atom. The van der Waals surface area contributed by atoms with Gasteiger partial charge in [0.05, 0.1) is 0 Å². The minimum absolute atomic E-state index is 0.0159. The van der Waals surface area contributed by atoms with Gasteiger partial charge in [-0.3, -0.25) is 9.69 Å². The van der Waals surface area contributed by atoms with Gasteiger partial charge in [0.15, 0.2) is 27.2 Å². The van der Waals surface area contributed by atoms with E-state index in [4.69, 9.17) is 33.0 Å². The summed E-state index contributed by atoms with van der Waals surface area (Å²) >= 11 is 0. The average molecular weight is 395 g/mol. The second-order valence-corrected chi connectivity index (χ2v) is 8.37. The van der Waals surface area contributed by atoms with E-state index in [1.165, 1.54) is 6.07 Å². The van der Waals surface area contributed by atoms with Crippen LogP contribution in [0.3, 0.4) is 0 Å². The molecule has 0 aliphatic carbocycles. The van der Waals surface area contributed by atoms with E-state index in [0.29, 0.717) is 25.3 Å². The van der Waals surface area contributed by atoms with Gasteiger partial charge in [0, 0.05) is 31.5 Å². The van der Waals surface area contributed by atoms with Crippen molar-refractivity contribution in [2.24, 2.45) is 11.8 Å². The molecule has 2 aliphatic heterocycles. The number of ketones is 1. The molecule has 1 aromatic rings. The minimum atomic E-state index is -2.98. The Labute approximate surface area is 174 Å². The topological polar surface area (TPSA) is 99.5 Å². The Balaban J connectivity index is 1.95. The molecule has 1 aromatic carbocycles. The first kappa shape index (κ1) is 22.2. The molecule has 1 saturated heterocycles. The first-order chi connectivity index (χ1) is 13.3. The van der Waals surface area contributed by atoms with Gasteiger partial charge in [0.1, 0.15) is 11.4 Å². The van der Waals surface area contributed by atoms with Crippen LogP contribution in [-0.2, 0) is 11.2 Å². The van der Waals surface area contributed by atoms with Gasteiger partial charge in [-0.05, 0) is 42.0 Å². The van der Waals surface area contributed by atoms with Crippen LogP contribution in [-0.4, -0.2) is 74.1 Å². The third-order valence-electron chi connectivity index (χ3n) is 5.27. The average Bonchev–Trinajstić information content (AvgIpc) is 2.53. The second kappa shape index (κ2) is 7.98. The Morgan fingerprint density at radius 1 is 1.17 bits per heavy atom. The zero-order valence-corrected chi connectivity index (χ0v) is 16.7. The number of aliphatic hydroxyl groups is 3. The summed E-state index contributed by atoms with van der Waals surface area (Å²) in [5.74, 6) is -2.57. The van der Waals surface area contributed by atoms with Crippen molar-refractivity contribution in [3.63, 3.8) is 0 Å². The summed E-state index contributed by atoms with van der Waals surface area (Å²) in [5.41, 5.74) is -0.830. The molecular weight excluding hydrogens is 371 g/mol. The third-order valence-corrected chi connectivity index (χ3v) is 5.27. The van der Waals surface area contributed by atoms with Crippen molar-refractivity contribution in [2.75, 3.05) is 13.1 Å². The number of Topliss-reactive ketones (excluding diaryl/α,β-unsaturated/α-hetero) is 1. The van der Waals surface area contributed by atoms with E-state index in [1.54, 1.807) is 6.07 Å². The molecule has 0 amide bonds. The van der Waals surface area contributed by atoms with E-state index >= 15 is 0 Å². The van der Waals surface area contributed by atoms with Gasteiger partial charge < -0.3 is 24.8 Å². The standard InChI is InChI=1S/C19H24B3NO6/c1-10(2)5-12-9-23-4-3-11-6-16(28-18(20,21)25)17(29-19(22,26)27)7-13(11)14(23)8-15(12)24/h6-7,10,12,14,25-27H,3-5,8-9H2,1-2H3. The monoisotopic (exact) mass is 395 g/mol. The summed E-state index contributed by atoms with van der Waals surface area (Å²) in [6.45, 7) is 5.65. The molecule has 2 unspecified atom stereocenters. The maximum Gasteiger partial charge on any atom is 0.259 e. The number of ether oxygens (including phenoxy) is 2. The quantitative estimate of drug-likeness (QED) is 0.449. The number of hydrogen-bond acceptors (Lipinski definition) is 7. The summed E-state index contributed by atoms with van der Waals surface area (Å²) < 4.78 is 10.1. The molecule has 3 N–H and O–H groups in total. The number of carbonyl (C=O) groups is 1. The molecule has 0 aromatic heterocycles. The number of piperidine rings is 1. The highest BCUT2D eigenvalue weighted by molar-refractivity contribution is 6.37. The molecular formula is C19H24B3NO6. The lowest BCUT2D eigenvalue weighted by molar-refractivity contribution is -0.224. The molecule has 10 heteroatoms. The van der Waals surface area contributed by atoms with Crippen molar-refractivity contribution < 1.29 is 29.6 Å². The van der Waals surface area contributed by atoms with Gasteiger partial charge in [-0.1, -0.05) is 13.8 Å². The fourth-order valence-electron chi connectivity index (χ4n) is 4.23. The van der Waals surface area contributed by atoms with E-state index in [2.05, 4.69) is 18.7 Å². The predicted octanol–water partition coefficient (Wildman–Crippen LogP) is -0.316. The summed E-state index contributed by atoms with van der Waals surface area (Å²) in [7, 11) is 15.7. The molecule has 150 valence electrons. The van der Waals surface area contributed by atoms with Gasteiger partial charge >= 0.3 is 0 Å². The zero-order valence-electron chi connectivity index (χ0n) is 16.7. The van der Waals surface area contributed by atoms with Crippen LogP contribution in [0.1, 0.15) is 43.9 Å². The summed E-state index contributed by atoms with van der Waals surface area (Å²) in [6.07, 6.45) is 1.88. The Kier molecular flexibility index (Phi) is 6.12. The molecule has 0 bridgehead atoms. The smallest absolute Gasteiger partial charge is 0.259 e. The van der Waals surface area contributed by atoms with E-state index < -0.39 is 11.5 Å². The van der Waals surface area contributed by atoms with Crippen LogP contribution in [0.15, 0.2) is 12.1 Å². The molecule has 2 aliphatic rings. The highest BCUT2D eigenvalue weighted by Gasteiger charge is 2.39. The minimum Gasteiger partial charge on any atom is -0.478 e. The molecule has 29 heavy (non-hydrogen) atoms. The fraction of sp³-hybridized carbons (Fsp3) is 0.632. The van der Waals surface area contributed by atoms with Crippen molar-refractivity contribution in [1.29, 1.82) is 0 Å². The number of fused-ring (bicyclic) bond motifs is 3. The lowest BCUT2D eigenvalue weighted by atomic mass is 9.76. The number of benzene rings is 1. The Hall–Kier alpha value is -1.48. The number of carbonyl (C=O) groups excluding carboxylic acids is 1. The van der Waals surface area contributed by atoms with Crippen molar-refractivity contribution >= 4 is 29.3 Å². The summed E-state index contributed by atoms with van der Waals surface area (Å²) in [5, 5.41) is 28.5. The maximum atomic E-state index is 12.7. The van der Waals surface area contributed by atoms with Crippen LogP contribution >= 0.6 is 0 Å². The number of nitrogens with zero attached hydrogens (tertiary/aromatic N) is 1. The fourth-order valence-corrected chi connectivity index (χ4v) is 4.23. The molecule has 2 atom stereocenters. The molecule has 6 radical (unpaired) electrons. The molecule has 0 spiro atoms. The van der Waals surface area contributed by atoms with Crippen LogP contribution in [0.2, 0.25) is 0 Å². The van der Waals surface area contributed by atoms with Crippen LogP contribution in [0.25, 0.3) is 0 Å². The third kappa shape index (κ3) is 5.57. The summed E-state index contributed by atoms with van der Waals surface area (Å²) in [6, 6.07) is 2.92. The second-order valence-electron chi connectivity index (χ2n) is 8.37. The van der Waals surface area contributed by atoms with Gasteiger partial charge in [-0.2, -0.15) is 0 Å². The van der Waals surface area contributed by atoms with E-state index in [0.717, 1.165) is 24.1 Å². The molecule has 1 fully saturated rings. The number of rotatable bonds is 6. The SMILES string of the molecule is [B]C([B])(O)Oc1cc2c(cc1OC([B])(O)O)C1CC(=O)C(CC(C)C)CN1CC2. The van der Waals surface area contributed by atoms with Crippen molar-refractivity contribution in [2.45, 2.75) is 50.6 Å². The van der Waals surface area contributed by atoms with E-state index in [1.807, 2.05) is 0 Å². The van der Waals surface area contributed by atoms with Gasteiger partial charge in [-0.25, -0.2) is 0 Å². The molecule has 3 rings (SSSR count). The molecule has 2 heterocycles. The summed E-state index contributed by atoms with van der Waals surface area (Å²) in [4.78, 5) is 15.0. The highest BCUT2D eigenvalue weighted by atomic mass is 16.8. The van der Waals surface area contributed by atoms with E-state index in [-0.39, 0.29) is 29.2 Å². The van der Waals surface area contributed by atoms with Gasteiger partial charge in [0.2, 0.25) is 7.85 Å². The van der Waals surface area contributed by atoms with Crippen LogP contribution in [0, 0.1) is 11.8 Å².